The fourth-order valence-corrected chi connectivity index (χ4v) is 1.37. The van der Waals surface area contributed by atoms with Crippen LogP contribution < -0.4 is 0 Å². The highest BCUT2D eigenvalue weighted by Gasteiger charge is 1.88. The monoisotopic (exact) mass is 256 g/mol. The van der Waals surface area contributed by atoms with Crippen molar-refractivity contribution in [3.05, 3.63) is 77.2 Å². The van der Waals surface area contributed by atoms with Gasteiger partial charge in [-0.15, -0.1) is 0 Å². The third kappa shape index (κ3) is 6.32. The number of halogens is 1. The molecule has 1 rings (SSSR count). The lowest BCUT2D eigenvalue weighted by Gasteiger charge is -1.93. The number of carbonyl (C=O) groups excluding carboxylic acids is 1. The molecule has 0 amide bonds. The average Bonchev–Trinajstić information content (AvgIpc) is 2.38. The van der Waals surface area contributed by atoms with Crippen molar-refractivity contribution in [3.8, 4) is 0 Å². The van der Waals surface area contributed by atoms with Crippen LogP contribution >= 0.6 is 0 Å². The molecule has 1 aromatic rings. The SMILES string of the molecule is CC(/C=C/C=C(C)/C=C/c1ccc(F)cc1)=C\C=O. The molecule has 19 heavy (non-hydrogen) atoms. The van der Waals surface area contributed by atoms with E-state index in [0.29, 0.717) is 0 Å². The first-order valence-electron chi connectivity index (χ1n) is 6.02. The lowest BCUT2D eigenvalue weighted by molar-refractivity contribution is -0.104. The van der Waals surface area contributed by atoms with Crippen molar-refractivity contribution >= 4 is 12.4 Å². The molecule has 98 valence electrons. The van der Waals surface area contributed by atoms with Crippen molar-refractivity contribution in [2.75, 3.05) is 0 Å². The van der Waals surface area contributed by atoms with E-state index in [1.807, 2.05) is 44.2 Å². The molecule has 0 unspecified atom stereocenters. The highest BCUT2D eigenvalue weighted by Crippen LogP contribution is 2.07. The van der Waals surface area contributed by atoms with E-state index in [0.717, 1.165) is 23.0 Å². The first kappa shape index (κ1) is 14.8. The molecular formula is C17H17FO. The molecule has 0 aromatic heterocycles. The van der Waals surface area contributed by atoms with Gasteiger partial charge in [0.05, 0.1) is 0 Å². The van der Waals surface area contributed by atoms with Crippen molar-refractivity contribution in [2.45, 2.75) is 13.8 Å². The molecule has 0 radical (unpaired) electrons. The number of aldehydes is 1. The smallest absolute Gasteiger partial charge is 0.143 e. The molecule has 0 fully saturated rings. The van der Waals surface area contributed by atoms with Gasteiger partial charge in [-0.05, 0) is 43.2 Å². The van der Waals surface area contributed by atoms with Crippen molar-refractivity contribution < 1.29 is 9.18 Å². The zero-order valence-electron chi connectivity index (χ0n) is 11.1. The number of rotatable bonds is 5. The van der Waals surface area contributed by atoms with Crippen molar-refractivity contribution in [1.82, 2.24) is 0 Å². The van der Waals surface area contributed by atoms with Gasteiger partial charge in [-0.1, -0.05) is 48.1 Å². The summed E-state index contributed by atoms with van der Waals surface area (Å²) in [7, 11) is 0. The average molecular weight is 256 g/mol. The molecule has 0 N–H and O–H groups in total. The largest absolute Gasteiger partial charge is 0.299 e. The second-order valence-electron chi connectivity index (χ2n) is 4.20. The second-order valence-corrected chi connectivity index (χ2v) is 4.20. The van der Waals surface area contributed by atoms with E-state index >= 15 is 0 Å². The Bertz CT molecular complexity index is 531. The van der Waals surface area contributed by atoms with Gasteiger partial charge >= 0.3 is 0 Å². The van der Waals surface area contributed by atoms with Crippen LogP contribution in [0.5, 0.6) is 0 Å². The summed E-state index contributed by atoms with van der Waals surface area (Å²) in [6, 6.07) is 6.33. The van der Waals surface area contributed by atoms with E-state index in [1.54, 1.807) is 12.1 Å². The molecule has 1 nitrogen and oxygen atoms in total. The predicted octanol–water partition coefficient (Wildman–Crippen LogP) is 4.49. The maximum atomic E-state index is 12.7. The van der Waals surface area contributed by atoms with Crippen LogP contribution in [-0.2, 0) is 4.79 Å². The molecule has 0 saturated heterocycles. The van der Waals surface area contributed by atoms with Crippen LogP contribution in [0.15, 0.2) is 65.8 Å². The molecule has 0 atom stereocenters. The summed E-state index contributed by atoms with van der Waals surface area (Å²) in [6.45, 7) is 3.84. The molecule has 0 aliphatic heterocycles. The van der Waals surface area contributed by atoms with Gasteiger partial charge in [0.25, 0.3) is 0 Å². The number of benzene rings is 1. The van der Waals surface area contributed by atoms with Crippen LogP contribution in [0.25, 0.3) is 6.08 Å². The zero-order chi connectivity index (χ0) is 14.1. The summed E-state index contributed by atoms with van der Waals surface area (Å²) in [6.07, 6.45) is 11.9. The van der Waals surface area contributed by atoms with Crippen molar-refractivity contribution in [2.24, 2.45) is 0 Å². The van der Waals surface area contributed by atoms with Crippen molar-refractivity contribution in [3.63, 3.8) is 0 Å². The van der Waals surface area contributed by atoms with Gasteiger partial charge in [0.15, 0.2) is 0 Å². The quantitative estimate of drug-likeness (QED) is 0.431. The van der Waals surface area contributed by atoms with Gasteiger partial charge in [0.1, 0.15) is 12.1 Å². The lowest BCUT2D eigenvalue weighted by Crippen LogP contribution is -1.75. The Labute approximate surface area is 113 Å². The van der Waals surface area contributed by atoms with E-state index in [9.17, 15) is 9.18 Å². The topological polar surface area (TPSA) is 17.1 Å². The summed E-state index contributed by atoms with van der Waals surface area (Å²) >= 11 is 0. The fourth-order valence-electron chi connectivity index (χ4n) is 1.37. The van der Waals surface area contributed by atoms with E-state index in [-0.39, 0.29) is 5.82 Å². The maximum Gasteiger partial charge on any atom is 0.143 e. The van der Waals surface area contributed by atoms with Gasteiger partial charge in [-0.3, -0.25) is 4.79 Å². The number of carbonyl (C=O) groups is 1. The van der Waals surface area contributed by atoms with E-state index in [4.69, 9.17) is 0 Å². The van der Waals surface area contributed by atoms with Gasteiger partial charge in [0.2, 0.25) is 0 Å². The van der Waals surface area contributed by atoms with Gasteiger partial charge in [0, 0.05) is 0 Å². The van der Waals surface area contributed by atoms with Crippen LogP contribution in [0.2, 0.25) is 0 Å². The number of hydrogen-bond donors (Lipinski definition) is 0. The number of allylic oxidation sites excluding steroid dienone is 7. The molecule has 0 spiro atoms. The molecule has 0 heterocycles. The fraction of sp³-hybridized carbons (Fsp3) is 0.118. The first-order chi connectivity index (χ1) is 9.11. The van der Waals surface area contributed by atoms with Crippen LogP contribution in [0.4, 0.5) is 4.39 Å². The minimum atomic E-state index is -0.232. The Balaban J connectivity index is 2.63. The third-order valence-corrected chi connectivity index (χ3v) is 2.46. The van der Waals surface area contributed by atoms with Crippen LogP contribution in [-0.4, -0.2) is 6.29 Å². The molecule has 2 heteroatoms. The molecule has 0 bridgehead atoms. The predicted molar refractivity (Wildman–Crippen MR) is 78.2 cm³/mol. The third-order valence-electron chi connectivity index (χ3n) is 2.46. The standard InChI is InChI=1S/C17H17FO/c1-14(4-3-5-15(2)12-13-19)6-7-16-8-10-17(18)11-9-16/h3-13H,1-2H3/b5-3+,7-6+,14-4+,15-12+. The van der Waals surface area contributed by atoms with Crippen LogP contribution in [0.3, 0.4) is 0 Å². The lowest BCUT2D eigenvalue weighted by atomic mass is 10.1. The van der Waals surface area contributed by atoms with Gasteiger partial charge in [-0.25, -0.2) is 4.39 Å². The minimum absolute atomic E-state index is 0.232. The van der Waals surface area contributed by atoms with Gasteiger partial charge in [-0.2, -0.15) is 0 Å². The Kier molecular flexibility index (Phi) is 6.23. The Morgan fingerprint density at radius 1 is 1.00 bits per heavy atom. The summed E-state index contributed by atoms with van der Waals surface area (Å²) in [5, 5.41) is 0. The Morgan fingerprint density at radius 3 is 2.26 bits per heavy atom. The highest BCUT2D eigenvalue weighted by atomic mass is 19.1. The summed E-state index contributed by atoms with van der Waals surface area (Å²) in [4.78, 5) is 10.2. The summed E-state index contributed by atoms with van der Waals surface area (Å²) in [5.41, 5.74) is 2.93. The Hall–Kier alpha value is -2.22. The van der Waals surface area contributed by atoms with Crippen molar-refractivity contribution in [1.29, 1.82) is 0 Å². The van der Waals surface area contributed by atoms with E-state index in [2.05, 4.69) is 0 Å². The van der Waals surface area contributed by atoms with Crippen LogP contribution in [0, 0.1) is 5.82 Å². The highest BCUT2D eigenvalue weighted by molar-refractivity contribution is 5.67. The van der Waals surface area contributed by atoms with Gasteiger partial charge < -0.3 is 0 Å². The summed E-state index contributed by atoms with van der Waals surface area (Å²) in [5.74, 6) is -0.232. The van der Waals surface area contributed by atoms with E-state index < -0.39 is 0 Å². The maximum absolute atomic E-state index is 12.7. The van der Waals surface area contributed by atoms with Crippen LogP contribution in [0.1, 0.15) is 19.4 Å². The molecule has 0 saturated carbocycles. The Morgan fingerprint density at radius 2 is 1.63 bits per heavy atom. The molecule has 0 aliphatic carbocycles. The first-order valence-corrected chi connectivity index (χ1v) is 6.02. The summed E-state index contributed by atoms with van der Waals surface area (Å²) < 4.78 is 12.7. The van der Waals surface area contributed by atoms with E-state index in [1.165, 1.54) is 18.2 Å². The zero-order valence-corrected chi connectivity index (χ0v) is 11.1. The normalized spacial score (nSPS) is 13.4. The minimum Gasteiger partial charge on any atom is -0.299 e. The molecule has 0 aliphatic rings. The molecular weight excluding hydrogens is 239 g/mol. The second kappa shape index (κ2) is 7.98. The number of hydrogen-bond acceptors (Lipinski definition) is 1. The molecule has 1 aromatic carbocycles.